The first-order valence-electron chi connectivity index (χ1n) is 8.61. The van der Waals surface area contributed by atoms with Crippen molar-refractivity contribution in [3.05, 3.63) is 53.5 Å². The zero-order valence-electron chi connectivity index (χ0n) is 14.3. The fraction of sp³-hybridized carbons (Fsp3) is 0.294. The fourth-order valence-electron chi connectivity index (χ4n) is 3.95. The summed E-state index contributed by atoms with van der Waals surface area (Å²) in [6.45, 7) is 0.462. The molecule has 6 rings (SSSR count). The topological polar surface area (TPSA) is 105 Å². The molecule has 1 aliphatic carbocycles. The molecule has 2 saturated heterocycles. The largest absolute Gasteiger partial charge is 0.347 e. The van der Waals surface area contributed by atoms with Crippen molar-refractivity contribution >= 4 is 17.5 Å². The molecule has 3 aromatic heterocycles. The number of nitrogens with zero attached hydrogens (tertiary/aromatic N) is 6. The number of fused-ring (bicyclic) bond motifs is 2. The number of rotatable bonds is 3. The minimum absolute atomic E-state index is 0.0441. The molecule has 28 heavy (non-hydrogen) atoms. The molecule has 2 bridgehead atoms. The normalized spacial score (nSPS) is 22.9. The maximum atomic E-state index is 13.8. The summed E-state index contributed by atoms with van der Waals surface area (Å²) in [5.41, 5.74) is 0.278. The Morgan fingerprint density at radius 1 is 1.18 bits per heavy atom. The van der Waals surface area contributed by atoms with E-state index in [1.54, 1.807) is 23.2 Å². The number of carbonyl (C=O) groups excluding carboxylic acids is 2. The number of hydrogen-bond acceptors (Lipinski definition) is 6. The Morgan fingerprint density at radius 2 is 1.96 bits per heavy atom. The predicted molar refractivity (Wildman–Crippen MR) is 89.1 cm³/mol. The van der Waals surface area contributed by atoms with Gasteiger partial charge in [-0.3, -0.25) is 14.6 Å². The third kappa shape index (κ3) is 2.42. The summed E-state index contributed by atoms with van der Waals surface area (Å²) < 4.78 is 28.9. The number of halogens is 2. The van der Waals surface area contributed by atoms with Crippen LogP contribution in [0.2, 0.25) is 0 Å². The van der Waals surface area contributed by atoms with Crippen molar-refractivity contribution in [1.82, 2.24) is 35.2 Å². The summed E-state index contributed by atoms with van der Waals surface area (Å²) in [5.74, 6) is -3.05. The Hall–Kier alpha value is -3.50. The number of carbonyl (C=O) groups is 2. The molecule has 3 aliphatic rings. The molecular weight excluding hydrogens is 372 g/mol. The highest BCUT2D eigenvalue weighted by Gasteiger charge is 2.54. The van der Waals surface area contributed by atoms with Gasteiger partial charge in [-0.05, 0) is 29.0 Å². The van der Waals surface area contributed by atoms with E-state index in [2.05, 4.69) is 25.8 Å². The maximum Gasteiger partial charge on any atom is 0.257 e. The van der Waals surface area contributed by atoms with E-state index in [0.29, 0.717) is 17.8 Å². The maximum absolute atomic E-state index is 13.8. The summed E-state index contributed by atoms with van der Waals surface area (Å²) in [7, 11) is 0. The molecule has 3 aromatic rings. The van der Waals surface area contributed by atoms with E-state index in [-0.39, 0.29) is 23.9 Å². The Balaban J connectivity index is 1.33. The van der Waals surface area contributed by atoms with Crippen molar-refractivity contribution in [2.45, 2.75) is 18.5 Å². The fourth-order valence-corrected chi connectivity index (χ4v) is 3.95. The van der Waals surface area contributed by atoms with Gasteiger partial charge in [0, 0.05) is 18.7 Å². The minimum Gasteiger partial charge on any atom is -0.347 e. The summed E-state index contributed by atoms with van der Waals surface area (Å²) in [6.07, 6.45) is 3.85. The smallest absolute Gasteiger partial charge is 0.257 e. The second-order valence-corrected chi connectivity index (χ2v) is 6.90. The Labute approximate surface area is 156 Å². The van der Waals surface area contributed by atoms with E-state index in [1.165, 1.54) is 4.52 Å². The van der Waals surface area contributed by atoms with E-state index in [4.69, 9.17) is 0 Å². The lowest BCUT2D eigenvalue weighted by molar-refractivity contribution is 0.0696. The van der Waals surface area contributed by atoms with Crippen molar-refractivity contribution in [1.29, 1.82) is 0 Å². The van der Waals surface area contributed by atoms with E-state index in [0.717, 1.165) is 18.8 Å². The van der Waals surface area contributed by atoms with E-state index < -0.39 is 23.1 Å². The van der Waals surface area contributed by atoms with Crippen molar-refractivity contribution in [3.63, 3.8) is 0 Å². The van der Waals surface area contributed by atoms with Crippen LogP contribution in [0.5, 0.6) is 0 Å². The van der Waals surface area contributed by atoms with Crippen molar-refractivity contribution in [2.24, 2.45) is 5.92 Å². The molecule has 3 atom stereocenters. The lowest BCUT2D eigenvalue weighted by Crippen LogP contribution is -2.55. The third-order valence-corrected chi connectivity index (χ3v) is 5.38. The van der Waals surface area contributed by atoms with Gasteiger partial charge in [0.2, 0.25) is 0 Å². The monoisotopic (exact) mass is 385 g/mol. The Kier molecular flexibility index (Phi) is 3.57. The summed E-state index contributed by atoms with van der Waals surface area (Å²) in [4.78, 5) is 30.2. The van der Waals surface area contributed by atoms with Crippen LogP contribution in [0.25, 0.3) is 5.65 Å². The zero-order chi connectivity index (χ0) is 19.4. The van der Waals surface area contributed by atoms with Crippen LogP contribution in [0.4, 0.5) is 8.78 Å². The van der Waals surface area contributed by atoms with Crippen molar-refractivity contribution < 1.29 is 18.4 Å². The van der Waals surface area contributed by atoms with Crippen molar-refractivity contribution in [2.75, 3.05) is 6.54 Å². The van der Waals surface area contributed by atoms with Gasteiger partial charge in [-0.1, -0.05) is 0 Å². The van der Waals surface area contributed by atoms with Crippen LogP contribution >= 0.6 is 0 Å². The molecule has 0 radical (unpaired) electrons. The van der Waals surface area contributed by atoms with Crippen LogP contribution in [-0.4, -0.2) is 60.4 Å². The number of hydrogen-bond donors (Lipinski definition) is 1. The Bertz CT molecular complexity index is 1100. The lowest BCUT2D eigenvalue weighted by Gasteiger charge is -2.36. The van der Waals surface area contributed by atoms with Crippen LogP contribution < -0.4 is 5.32 Å². The van der Waals surface area contributed by atoms with E-state index >= 15 is 0 Å². The van der Waals surface area contributed by atoms with Crippen LogP contribution in [0.15, 0.2) is 30.7 Å². The first kappa shape index (κ1) is 16.7. The number of tetrazole rings is 1. The third-order valence-electron chi connectivity index (χ3n) is 5.38. The molecule has 9 nitrogen and oxygen atoms in total. The quantitative estimate of drug-likeness (QED) is 0.702. The number of nitrogens with one attached hydrogen (secondary N) is 1. The van der Waals surface area contributed by atoms with Crippen LogP contribution in [-0.2, 0) is 0 Å². The molecule has 3 unspecified atom stereocenters. The summed E-state index contributed by atoms with van der Waals surface area (Å²) in [5, 5.41) is 13.8. The zero-order valence-corrected chi connectivity index (χ0v) is 14.3. The Morgan fingerprint density at radius 3 is 2.75 bits per heavy atom. The molecule has 0 spiro atoms. The van der Waals surface area contributed by atoms with Crippen LogP contribution in [0.3, 0.4) is 0 Å². The molecular formula is C17H13F2N7O2. The highest BCUT2D eigenvalue weighted by molar-refractivity contribution is 5.96. The lowest BCUT2D eigenvalue weighted by atomic mass is 9.80. The molecule has 0 aromatic carbocycles. The standard InChI is InChI=1S/C17H13F2N7O2/c18-10-4-20-5-11(19)14(10)16(27)21-15-9-3-12(15)25(6-9)17(28)8-1-2-13-22-23-24-26(13)7-8/h1-2,4-5,7,9,12,15H,3,6H2,(H,21,27). The number of aromatic nitrogens is 5. The second kappa shape index (κ2) is 6.01. The highest BCUT2D eigenvalue weighted by Crippen LogP contribution is 2.42. The number of amides is 2. The van der Waals surface area contributed by atoms with Gasteiger partial charge >= 0.3 is 0 Å². The van der Waals surface area contributed by atoms with Gasteiger partial charge in [-0.15, -0.1) is 5.10 Å². The van der Waals surface area contributed by atoms with Gasteiger partial charge < -0.3 is 10.2 Å². The van der Waals surface area contributed by atoms with Gasteiger partial charge in [0.15, 0.2) is 17.3 Å². The van der Waals surface area contributed by atoms with E-state index in [9.17, 15) is 18.4 Å². The second-order valence-electron chi connectivity index (χ2n) is 6.90. The SMILES string of the molecule is O=C(NC1C2CC1N(C(=O)c1ccc3nnnn3c1)C2)c1c(F)cncc1F. The molecule has 2 amide bonds. The molecule has 3 fully saturated rings. The molecule has 1 saturated carbocycles. The van der Waals surface area contributed by atoms with Gasteiger partial charge in [0.25, 0.3) is 11.8 Å². The molecule has 2 aliphatic heterocycles. The molecule has 1 N–H and O–H groups in total. The summed E-state index contributed by atoms with van der Waals surface area (Å²) >= 11 is 0. The predicted octanol–water partition coefficient (Wildman–Crippen LogP) is 0.440. The molecule has 5 heterocycles. The number of pyridine rings is 2. The van der Waals surface area contributed by atoms with Crippen LogP contribution in [0.1, 0.15) is 27.1 Å². The first-order valence-corrected chi connectivity index (χ1v) is 8.61. The summed E-state index contributed by atoms with van der Waals surface area (Å²) in [6, 6.07) is 2.71. The minimum atomic E-state index is -1.02. The van der Waals surface area contributed by atoms with Gasteiger partial charge in [-0.25, -0.2) is 8.78 Å². The average molecular weight is 385 g/mol. The van der Waals surface area contributed by atoms with Gasteiger partial charge in [0.1, 0.15) is 5.56 Å². The average Bonchev–Trinajstić information content (AvgIpc) is 3.39. The highest BCUT2D eigenvalue weighted by atomic mass is 19.1. The van der Waals surface area contributed by atoms with E-state index in [1.807, 2.05) is 0 Å². The first-order chi connectivity index (χ1) is 13.5. The molecule has 11 heteroatoms. The van der Waals surface area contributed by atoms with Crippen molar-refractivity contribution in [3.8, 4) is 0 Å². The van der Waals surface area contributed by atoms with Gasteiger partial charge in [-0.2, -0.15) is 4.52 Å². The molecule has 142 valence electrons. The van der Waals surface area contributed by atoms with Crippen LogP contribution in [0, 0.1) is 17.6 Å². The van der Waals surface area contributed by atoms with Gasteiger partial charge in [0.05, 0.1) is 30.0 Å².